The maximum absolute atomic E-state index is 5.95. The third-order valence-electron chi connectivity index (χ3n) is 4.36. The van der Waals surface area contributed by atoms with Crippen molar-refractivity contribution in [2.45, 2.75) is 35.4 Å². The number of nitrogens with zero attached hydrogens (tertiary/aromatic N) is 4. The monoisotopic (exact) mass is 360 g/mol. The second-order valence-electron chi connectivity index (χ2n) is 5.85. The van der Waals surface area contributed by atoms with Crippen molar-refractivity contribution < 1.29 is 0 Å². The number of nitrogens with two attached hydrogens (primary N) is 1. The summed E-state index contributed by atoms with van der Waals surface area (Å²) in [7, 11) is 0. The molecule has 8 heteroatoms. The molecule has 0 radical (unpaired) electrons. The molecule has 1 saturated carbocycles. The smallest absolute Gasteiger partial charge is 0.171 e. The highest BCUT2D eigenvalue weighted by Gasteiger charge is 2.28. The molecule has 0 saturated heterocycles. The van der Waals surface area contributed by atoms with Crippen LogP contribution in [0.25, 0.3) is 11.2 Å². The Morgan fingerprint density at radius 1 is 1.17 bits per heavy atom. The average molecular weight is 361 g/mol. The molecule has 1 aromatic carbocycles. The first-order valence-corrected chi connectivity index (χ1v) is 9.06. The predicted molar refractivity (Wildman–Crippen MR) is 97.1 cm³/mol. The van der Waals surface area contributed by atoms with E-state index < -0.39 is 0 Å². The number of benzene rings is 1. The minimum absolute atomic E-state index is 0.403. The van der Waals surface area contributed by atoms with Gasteiger partial charge in [0.25, 0.3) is 0 Å². The molecule has 0 spiro atoms. The first-order valence-electron chi connectivity index (χ1n) is 7.81. The Morgan fingerprint density at radius 2 is 2.00 bits per heavy atom. The average Bonchev–Trinajstić information content (AvgIpc) is 3.23. The number of hydrazine groups is 1. The molecule has 2 heterocycles. The van der Waals surface area contributed by atoms with Gasteiger partial charge in [-0.3, -0.25) is 0 Å². The Hall–Kier alpha value is -1.83. The van der Waals surface area contributed by atoms with Gasteiger partial charge in [0.05, 0.1) is 6.33 Å². The van der Waals surface area contributed by atoms with E-state index in [1.165, 1.54) is 17.6 Å². The molecule has 1 fully saturated rings. The molecule has 124 valence electrons. The number of aromatic nitrogens is 4. The van der Waals surface area contributed by atoms with Crippen LogP contribution in [0.1, 0.15) is 25.3 Å². The van der Waals surface area contributed by atoms with Crippen molar-refractivity contribution in [2.75, 3.05) is 5.43 Å². The number of thioether (sulfide) groups is 1. The van der Waals surface area contributed by atoms with Crippen molar-refractivity contribution in [3.63, 3.8) is 0 Å². The number of halogens is 1. The van der Waals surface area contributed by atoms with E-state index in [0.29, 0.717) is 22.6 Å². The number of hydrogen-bond acceptors (Lipinski definition) is 6. The molecule has 4 rings (SSSR count). The minimum Gasteiger partial charge on any atom is -0.312 e. The number of rotatable bonds is 4. The summed E-state index contributed by atoms with van der Waals surface area (Å²) in [5.74, 6) is 6.05. The highest BCUT2D eigenvalue weighted by molar-refractivity contribution is 8.00. The normalized spacial score (nSPS) is 20.6. The van der Waals surface area contributed by atoms with Gasteiger partial charge in [-0.1, -0.05) is 11.6 Å². The van der Waals surface area contributed by atoms with Crippen molar-refractivity contribution >= 4 is 40.3 Å². The second kappa shape index (κ2) is 6.58. The van der Waals surface area contributed by atoms with Crippen molar-refractivity contribution in [3.8, 4) is 0 Å². The summed E-state index contributed by atoms with van der Waals surface area (Å²) >= 11 is 7.87. The van der Waals surface area contributed by atoms with Crippen molar-refractivity contribution in [2.24, 2.45) is 5.84 Å². The first-order chi connectivity index (χ1) is 11.7. The summed E-state index contributed by atoms with van der Waals surface area (Å²) in [6.45, 7) is 0. The lowest BCUT2D eigenvalue weighted by Crippen LogP contribution is -2.10. The van der Waals surface area contributed by atoms with Crippen LogP contribution < -0.4 is 11.3 Å². The van der Waals surface area contributed by atoms with Crippen LogP contribution in [-0.2, 0) is 0 Å². The van der Waals surface area contributed by atoms with Gasteiger partial charge in [-0.2, -0.15) is 0 Å². The molecule has 2 atom stereocenters. The lowest BCUT2D eigenvalue weighted by molar-refractivity contribution is 0.530. The Kier molecular flexibility index (Phi) is 4.30. The maximum atomic E-state index is 5.95. The van der Waals surface area contributed by atoms with Gasteiger partial charge >= 0.3 is 0 Å². The van der Waals surface area contributed by atoms with Crippen LogP contribution in [0.4, 0.5) is 5.82 Å². The summed E-state index contributed by atoms with van der Waals surface area (Å²) < 4.78 is 2.15. The van der Waals surface area contributed by atoms with Crippen LogP contribution in [-0.4, -0.2) is 24.8 Å². The van der Waals surface area contributed by atoms with E-state index in [2.05, 4.69) is 37.1 Å². The summed E-state index contributed by atoms with van der Waals surface area (Å²) in [5.41, 5.74) is 4.13. The zero-order valence-corrected chi connectivity index (χ0v) is 14.5. The molecule has 1 aliphatic carbocycles. The molecule has 0 aliphatic heterocycles. The number of anilines is 1. The topological polar surface area (TPSA) is 81.7 Å². The summed E-state index contributed by atoms with van der Waals surface area (Å²) in [6, 6.07) is 8.45. The summed E-state index contributed by atoms with van der Waals surface area (Å²) in [6.07, 6.45) is 6.75. The Balaban J connectivity index is 1.51. The molecule has 2 unspecified atom stereocenters. The van der Waals surface area contributed by atoms with E-state index in [9.17, 15) is 0 Å². The molecular weight excluding hydrogens is 344 g/mol. The molecular formula is C16H17ClN6S. The SMILES string of the molecule is NNc1ncnc2c1ncn2C1CCC(Sc2ccc(Cl)cc2)C1. The highest BCUT2D eigenvalue weighted by atomic mass is 35.5. The molecule has 3 aromatic rings. The number of nitrogens with one attached hydrogen (secondary N) is 1. The predicted octanol–water partition coefficient (Wildman–Crippen LogP) is 3.65. The van der Waals surface area contributed by atoms with Crippen LogP contribution in [0.3, 0.4) is 0 Å². The number of hydrogen-bond donors (Lipinski definition) is 2. The quantitative estimate of drug-likeness (QED) is 0.546. The maximum Gasteiger partial charge on any atom is 0.171 e. The Morgan fingerprint density at radius 3 is 2.79 bits per heavy atom. The van der Waals surface area contributed by atoms with E-state index in [4.69, 9.17) is 17.4 Å². The zero-order chi connectivity index (χ0) is 16.5. The fourth-order valence-corrected chi connectivity index (χ4v) is 4.58. The van der Waals surface area contributed by atoms with E-state index in [1.807, 2.05) is 30.2 Å². The van der Waals surface area contributed by atoms with E-state index >= 15 is 0 Å². The van der Waals surface area contributed by atoms with Gasteiger partial charge in [-0.25, -0.2) is 20.8 Å². The van der Waals surface area contributed by atoms with E-state index in [0.717, 1.165) is 23.5 Å². The number of fused-ring (bicyclic) bond motifs is 1. The van der Waals surface area contributed by atoms with Crippen molar-refractivity contribution in [1.82, 2.24) is 19.5 Å². The standard InChI is InChI=1S/C16H17ClN6S/c17-10-1-4-12(5-2-10)24-13-6-3-11(7-13)23-9-21-14-15(22-18)19-8-20-16(14)23/h1-2,4-5,8-9,11,13H,3,6-7,18H2,(H,19,20,22). The van der Waals surface area contributed by atoms with Crippen LogP contribution in [0.2, 0.25) is 5.02 Å². The zero-order valence-electron chi connectivity index (χ0n) is 12.9. The Bertz CT molecular complexity index is 849. The lowest BCUT2D eigenvalue weighted by Gasteiger charge is -2.13. The molecule has 6 nitrogen and oxygen atoms in total. The molecule has 3 N–H and O–H groups in total. The van der Waals surface area contributed by atoms with Gasteiger partial charge in [0.1, 0.15) is 6.33 Å². The van der Waals surface area contributed by atoms with Gasteiger partial charge in [-0.05, 0) is 43.5 Å². The molecule has 0 amide bonds. The fourth-order valence-electron chi connectivity index (χ4n) is 3.21. The van der Waals surface area contributed by atoms with E-state index in [-0.39, 0.29) is 0 Å². The molecule has 0 bridgehead atoms. The third kappa shape index (κ3) is 2.94. The van der Waals surface area contributed by atoms with Crippen LogP contribution in [0.5, 0.6) is 0 Å². The largest absolute Gasteiger partial charge is 0.312 e. The molecule has 1 aliphatic rings. The number of nitrogen functional groups attached to an aromatic ring is 1. The number of imidazole rings is 1. The fraction of sp³-hybridized carbons (Fsp3) is 0.312. The van der Waals surface area contributed by atoms with Crippen molar-refractivity contribution in [1.29, 1.82) is 0 Å². The molecule has 2 aromatic heterocycles. The van der Waals surface area contributed by atoms with Crippen LogP contribution in [0, 0.1) is 0 Å². The highest BCUT2D eigenvalue weighted by Crippen LogP contribution is 2.41. The van der Waals surface area contributed by atoms with Gasteiger partial charge in [0.2, 0.25) is 0 Å². The van der Waals surface area contributed by atoms with Gasteiger partial charge in [-0.15, -0.1) is 11.8 Å². The third-order valence-corrected chi connectivity index (χ3v) is 5.92. The summed E-state index contributed by atoms with van der Waals surface area (Å²) in [4.78, 5) is 14.2. The second-order valence-corrected chi connectivity index (χ2v) is 7.66. The summed E-state index contributed by atoms with van der Waals surface area (Å²) in [5, 5.41) is 1.36. The van der Waals surface area contributed by atoms with E-state index in [1.54, 1.807) is 0 Å². The van der Waals surface area contributed by atoms with Gasteiger partial charge in [0.15, 0.2) is 17.0 Å². The molecule has 24 heavy (non-hydrogen) atoms. The van der Waals surface area contributed by atoms with Crippen LogP contribution in [0.15, 0.2) is 41.8 Å². The van der Waals surface area contributed by atoms with Crippen molar-refractivity contribution in [3.05, 3.63) is 41.9 Å². The first kappa shape index (κ1) is 15.7. The lowest BCUT2D eigenvalue weighted by atomic mass is 10.2. The minimum atomic E-state index is 0.403. The Labute approximate surface area is 148 Å². The van der Waals surface area contributed by atoms with Gasteiger partial charge < -0.3 is 9.99 Å². The van der Waals surface area contributed by atoms with Crippen LogP contribution >= 0.6 is 23.4 Å². The van der Waals surface area contributed by atoms with Gasteiger partial charge in [0, 0.05) is 21.2 Å².